The molecule has 2 nitrogen and oxygen atoms in total. The van der Waals surface area contributed by atoms with Crippen LogP contribution < -0.4 is 9.80 Å². The van der Waals surface area contributed by atoms with Crippen LogP contribution in [-0.4, -0.2) is 5.66 Å². The van der Waals surface area contributed by atoms with Crippen molar-refractivity contribution in [1.29, 1.82) is 0 Å². The first kappa shape index (κ1) is 39.9. The van der Waals surface area contributed by atoms with Gasteiger partial charge in [-0.1, -0.05) is 224 Å². The van der Waals surface area contributed by atoms with Crippen molar-refractivity contribution in [3.05, 3.63) is 284 Å². The van der Waals surface area contributed by atoms with E-state index >= 15 is 0 Å². The summed E-state index contributed by atoms with van der Waals surface area (Å²) in [6, 6.07) is 89.4. The largest absolute Gasteiger partial charge is 0.314 e. The van der Waals surface area contributed by atoms with Crippen molar-refractivity contribution < 1.29 is 0 Å². The highest BCUT2D eigenvalue weighted by Crippen LogP contribution is 2.48. The molecular formula is C62H48N2. The van der Waals surface area contributed by atoms with Gasteiger partial charge in [-0.15, -0.1) is 0 Å². The van der Waals surface area contributed by atoms with Crippen molar-refractivity contribution in [1.82, 2.24) is 0 Å². The molecule has 0 amide bonds. The van der Waals surface area contributed by atoms with Crippen LogP contribution in [0.2, 0.25) is 0 Å². The van der Waals surface area contributed by atoms with Crippen LogP contribution in [0.4, 0.5) is 22.7 Å². The van der Waals surface area contributed by atoms with Crippen LogP contribution in [0.5, 0.6) is 0 Å². The monoisotopic (exact) mass is 820 g/mol. The Labute approximate surface area is 377 Å². The highest BCUT2D eigenvalue weighted by atomic mass is 15.4. The zero-order valence-corrected chi connectivity index (χ0v) is 35.7. The van der Waals surface area contributed by atoms with Crippen molar-refractivity contribution in [2.24, 2.45) is 0 Å². The van der Waals surface area contributed by atoms with Crippen molar-refractivity contribution in [2.75, 3.05) is 9.80 Å². The van der Waals surface area contributed by atoms with E-state index in [9.17, 15) is 0 Å². The van der Waals surface area contributed by atoms with Gasteiger partial charge in [-0.2, -0.15) is 0 Å². The molecule has 0 aliphatic heterocycles. The maximum absolute atomic E-state index is 2.54. The minimum atomic E-state index is -0.755. The molecule has 306 valence electrons. The summed E-state index contributed by atoms with van der Waals surface area (Å²) >= 11 is 0. The van der Waals surface area contributed by atoms with E-state index in [1.54, 1.807) is 0 Å². The van der Waals surface area contributed by atoms with E-state index in [1.165, 1.54) is 50.1 Å². The van der Waals surface area contributed by atoms with Crippen molar-refractivity contribution in [3.8, 4) is 44.5 Å². The Hall–Kier alpha value is -8.20. The predicted molar refractivity (Wildman–Crippen MR) is 272 cm³/mol. The summed E-state index contributed by atoms with van der Waals surface area (Å²) in [5.41, 5.74) is 15.4. The van der Waals surface area contributed by atoms with Crippen LogP contribution in [0.1, 0.15) is 12.0 Å². The SMILES string of the molecule is C(=Cc1ccccc1)C1=CCC(N(c2ccc(-c3ccccc3)cc2)c2ccc(-c3ccccc3)cc2)(N(c2ccc(-c3ccccc3)cc2)c2ccc(-c3ccccc3)cc2)C=C1. The maximum atomic E-state index is 2.54. The number of allylic oxidation sites excluding steroid dienone is 3. The van der Waals surface area contributed by atoms with Gasteiger partial charge >= 0.3 is 0 Å². The average molecular weight is 821 g/mol. The van der Waals surface area contributed by atoms with Crippen LogP contribution in [0, 0.1) is 0 Å². The van der Waals surface area contributed by atoms with Crippen LogP contribution in [-0.2, 0) is 0 Å². The molecule has 64 heavy (non-hydrogen) atoms. The first-order valence-electron chi connectivity index (χ1n) is 22.1. The highest BCUT2D eigenvalue weighted by Gasteiger charge is 2.43. The summed E-state index contributed by atoms with van der Waals surface area (Å²) in [4.78, 5) is 5.08. The Morgan fingerprint density at radius 3 is 0.859 bits per heavy atom. The molecule has 0 saturated heterocycles. The van der Waals surface area contributed by atoms with E-state index in [2.05, 4.69) is 289 Å². The van der Waals surface area contributed by atoms with Crippen LogP contribution in [0.15, 0.2) is 279 Å². The van der Waals surface area contributed by atoms with Gasteiger partial charge in [-0.3, -0.25) is 0 Å². The Morgan fingerprint density at radius 2 is 0.578 bits per heavy atom. The van der Waals surface area contributed by atoms with E-state index < -0.39 is 5.66 Å². The topological polar surface area (TPSA) is 6.48 Å². The molecule has 10 rings (SSSR count). The van der Waals surface area contributed by atoms with E-state index in [-0.39, 0.29) is 0 Å². The lowest BCUT2D eigenvalue weighted by Gasteiger charge is -2.52. The van der Waals surface area contributed by atoms with Gasteiger partial charge in [-0.05, 0) is 110 Å². The number of anilines is 4. The van der Waals surface area contributed by atoms with Gasteiger partial charge in [-0.25, -0.2) is 0 Å². The molecule has 0 bridgehead atoms. The molecule has 0 saturated carbocycles. The Bertz CT molecular complexity index is 2660. The minimum absolute atomic E-state index is 0.680. The molecule has 0 radical (unpaired) electrons. The molecule has 0 unspecified atom stereocenters. The first-order chi connectivity index (χ1) is 31.7. The Balaban J connectivity index is 1.18. The zero-order valence-electron chi connectivity index (χ0n) is 35.7. The molecular weight excluding hydrogens is 773 g/mol. The number of hydrogen-bond acceptors (Lipinski definition) is 2. The fraction of sp³-hybridized carbons (Fsp3) is 0.0323. The van der Waals surface area contributed by atoms with Crippen LogP contribution >= 0.6 is 0 Å². The Morgan fingerprint density at radius 1 is 0.297 bits per heavy atom. The molecule has 2 heteroatoms. The molecule has 0 atom stereocenters. The number of hydrogen-bond donors (Lipinski definition) is 0. The maximum Gasteiger partial charge on any atom is 0.145 e. The quantitative estimate of drug-likeness (QED) is 0.113. The molecule has 0 fully saturated rings. The summed E-state index contributed by atoms with van der Waals surface area (Å²) < 4.78 is 0. The summed E-state index contributed by atoms with van der Waals surface area (Å²) in [6.45, 7) is 0. The van der Waals surface area contributed by atoms with Gasteiger partial charge < -0.3 is 9.80 Å². The number of nitrogens with zero attached hydrogens (tertiary/aromatic N) is 2. The standard InChI is InChI=1S/C62H48N2/c1-6-16-48(17-7-1)26-27-49-44-46-62(47-45-49,63(58-36-28-54(29-37-58)50-18-8-2-9-19-50)59-38-30-55(31-39-59)51-20-10-3-11-21-51)64(60-40-32-56(33-41-60)52-22-12-4-13-23-52)61-42-34-57(35-43-61)53-24-14-5-15-25-53/h1-46H,47H2. The lowest BCUT2D eigenvalue weighted by atomic mass is 9.89. The molecule has 9 aromatic rings. The average Bonchev–Trinajstić information content (AvgIpc) is 3.38. The molecule has 9 aromatic carbocycles. The van der Waals surface area contributed by atoms with Crippen molar-refractivity contribution in [2.45, 2.75) is 12.1 Å². The normalized spacial score (nSPS) is 13.0. The van der Waals surface area contributed by atoms with Gasteiger partial charge in [0.05, 0.1) is 0 Å². The fourth-order valence-corrected chi connectivity index (χ4v) is 8.87. The highest BCUT2D eigenvalue weighted by molar-refractivity contribution is 5.81. The second-order valence-electron chi connectivity index (χ2n) is 16.2. The zero-order chi connectivity index (χ0) is 43.0. The molecule has 0 spiro atoms. The smallest absolute Gasteiger partial charge is 0.145 e. The third kappa shape index (κ3) is 8.50. The summed E-state index contributed by atoms with van der Waals surface area (Å²) in [5, 5.41) is 0. The third-order valence-corrected chi connectivity index (χ3v) is 12.2. The van der Waals surface area contributed by atoms with Gasteiger partial charge in [0.15, 0.2) is 0 Å². The Kier molecular flexibility index (Phi) is 11.5. The van der Waals surface area contributed by atoms with E-state index in [0.29, 0.717) is 6.42 Å². The van der Waals surface area contributed by atoms with Crippen molar-refractivity contribution >= 4 is 28.8 Å². The lowest BCUT2D eigenvalue weighted by molar-refractivity contribution is 0.523. The van der Waals surface area contributed by atoms with E-state index in [0.717, 1.165) is 28.3 Å². The third-order valence-electron chi connectivity index (χ3n) is 12.2. The minimum Gasteiger partial charge on any atom is -0.314 e. The lowest BCUT2D eigenvalue weighted by Crippen LogP contribution is -2.57. The van der Waals surface area contributed by atoms with E-state index in [4.69, 9.17) is 0 Å². The van der Waals surface area contributed by atoms with E-state index in [1.807, 2.05) is 0 Å². The summed E-state index contributed by atoms with van der Waals surface area (Å²) in [7, 11) is 0. The van der Waals surface area contributed by atoms with Gasteiger partial charge in [0.25, 0.3) is 0 Å². The number of benzene rings is 9. The first-order valence-corrected chi connectivity index (χ1v) is 22.1. The predicted octanol–water partition coefficient (Wildman–Crippen LogP) is 16.6. The molecule has 0 aromatic heterocycles. The second kappa shape index (κ2) is 18.4. The molecule has 1 aliphatic carbocycles. The summed E-state index contributed by atoms with van der Waals surface area (Å²) in [6.07, 6.45) is 12.2. The second-order valence-corrected chi connectivity index (χ2v) is 16.2. The van der Waals surface area contributed by atoms with Crippen LogP contribution in [0.25, 0.3) is 50.6 Å². The fourth-order valence-electron chi connectivity index (χ4n) is 8.87. The van der Waals surface area contributed by atoms with Crippen molar-refractivity contribution in [3.63, 3.8) is 0 Å². The number of rotatable bonds is 12. The molecule has 0 heterocycles. The van der Waals surface area contributed by atoms with Gasteiger partial charge in [0, 0.05) is 29.2 Å². The van der Waals surface area contributed by atoms with Gasteiger partial charge in [0.2, 0.25) is 0 Å². The van der Waals surface area contributed by atoms with Crippen LogP contribution in [0.3, 0.4) is 0 Å². The molecule has 0 N–H and O–H groups in total. The van der Waals surface area contributed by atoms with Gasteiger partial charge in [0.1, 0.15) is 5.66 Å². The molecule has 1 aliphatic rings. The summed E-state index contributed by atoms with van der Waals surface area (Å²) in [5.74, 6) is 0.